The molecule has 3 heterocycles. The third kappa shape index (κ3) is 4.29. The van der Waals surface area contributed by atoms with Crippen LogP contribution in [0.4, 0.5) is 5.69 Å². The molecule has 2 aromatic heterocycles. The number of aryl methyl sites for hydroxylation is 1. The van der Waals surface area contributed by atoms with E-state index in [1.165, 1.54) is 16.6 Å². The molecule has 1 amide bonds. The number of aromatic nitrogens is 2. The second kappa shape index (κ2) is 8.19. The Balaban J connectivity index is 1.71. The van der Waals surface area contributed by atoms with Gasteiger partial charge in [0, 0.05) is 42.9 Å². The third-order valence-electron chi connectivity index (χ3n) is 5.09. The number of amides is 1. The molecule has 1 aromatic carbocycles. The van der Waals surface area contributed by atoms with E-state index < -0.39 is 16.1 Å². The summed E-state index contributed by atoms with van der Waals surface area (Å²) in [5, 5.41) is 1.28. The van der Waals surface area contributed by atoms with E-state index in [9.17, 15) is 18.0 Å². The molecule has 0 aliphatic carbocycles. The van der Waals surface area contributed by atoms with Crippen molar-refractivity contribution in [3.8, 4) is 0 Å². The zero-order valence-electron chi connectivity index (χ0n) is 16.2. The number of pyridine rings is 1. The molecule has 3 aromatic rings. The van der Waals surface area contributed by atoms with E-state index in [2.05, 4.69) is 14.7 Å². The molecule has 164 valence electrons. The van der Waals surface area contributed by atoms with Gasteiger partial charge in [0.15, 0.2) is 0 Å². The van der Waals surface area contributed by atoms with Crippen LogP contribution in [0, 0.1) is 0 Å². The van der Waals surface area contributed by atoms with Gasteiger partial charge in [-0.25, -0.2) is 0 Å². The first kappa shape index (κ1) is 21.7. The molecular formula is C19H19Cl2N5O4S. The van der Waals surface area contributed by atoms with Crippen molar-refractivity contribution in [2.24, 2.45) is 5.73 Å². The van der Waals surface area contributed by atoms with E-state index >= 15 is 0 Å². The van der Waals surface area contributed by atoms with Gasteiger partial charge in [-0.15, -0.1) is 0 Å². The number of nitrogens with two attached hydrogens (primary N) is 1. The Morgan fingerprint density at radius 2 is 2.03 bits per heavy atom. The molecule has 0 saturated carbocycles. The number of nitrogens with one attached hydrogen (secondary N) is 3. The summed E-state index contributed by atoms with van der Waals surface area (Å²) < 4.78 is 29.6. The summed E-state index contributed by atoms with van der Waals surface area (Å²) in [4.78, 5) is 28.2. The van der Waals surface area contributed by atoms with Crippen LogP contribution in [-0.4, -0.2) is 28.6 Å². The minimum atomic E-state index is -3.88. The smallest absolute Gasteiger partial charge is 0.302 e. The van der Waals surface area contributed by atoms with E-state index in [4.69, 9.17) is 28.9 Å². The lowest BCUT2D eigenvalue weighted by molar-refractivity contribution is -0.118. The number of halogens is 2. The Kier molecular flexibility index (Phi) is 5.73. The zero-order chi connectivity index (χ0) is 22.3. The lowest BCUT2D eigenvalue weighted by Crippen LogP contribution is -2.39. The average Bonchev–Trinajstić information content (AvgIpc) is 3.00. The highest BCUT2D eigenvalue weighted by atomic mass is 35.5. The summed E-state index contributed by atoms with van der Waals surface area (Å²) >= 11 is 13.0. The number of primary amides is 1. The van der Waals surface area contributed by atoms with E-state index in [0.717, 1.165) is 0 Å². The van der Waals surface area contributed by atoms with Crippen molar-refractivity contribution in [3.05, 3.63) is 61.6 Å². The summed E-state index contributed by atoms with van der Waals surface area (Å²) in [6, 6.07) is 4.68. The quantitative estimate of drug-likeness (QED) is 0.427. The molecule has 31 heavy (non-hydrogen) atoms. The van der Waals surface area contributed by atoms with E-state index in [-0.39, 0.29) is 25.1 Å². The van der Waals surface area contributed by atoms with Crippen molar-refractivity contribution in [1.82, 2.24) is 14.3 Å². The number of carbonyl (C=O) groups excluding carboxylic acids is 1. The molecule has 0 saturated heterocycles. The van der Waals surface area contributed by atoms with Crippen LogP contribution in [-0.2, 0) is 34.5 Å². The lowest BCUT2D eigenvalue weighted by atomic mass is 10.1. The first-order valence-electron chi connectivity index (χ1n) is 9.41. The summed E-state index contributed by atoms with van der Waals surface area (Å²) in [7, 11) is -3.88. The van der Waals surface area contributed by atoms with Crippen molar-refractivity contribution >= 4 is 55.9 Å². The second-order valence-electron chi connectivity index (χ2n) is 7.32. The van der Waals surface area contributed by atoms with Gasteiger partial charge in [0.1, 0.15) is 0 Å². The monoisotopic (exact) mass is 483 g/mol. The van der Waals surface area contributed by atoms with Crippen molar-refractivity contribution < 1.29 is 13.2 Å². The average molecular weight is 484 g/mol. The molecule has 1 aliphatic rings. The van der Waals surface area contributed by atoms with Gasteiger partial charge in [0.25, 0.3) is 0 Å². The number of nitrogens with zero attached hydrogens (tertiary/aromatic N) is 1. The maximum absolute atomic E-state index is 12.9. The largest absolute Gasteiger partial charge is 0.370 e. The highest BCUT2D eigenvalue weighted by Gasteiger charge is 2.32. The topological polar surface area (TPSA) is 141 Å². The number of H-pyrrole nitrogens is 2. The number of anilines is 1. The van der Waals surface area contributed by atoms with Crippen LogP contribution in [0.3, 0.4) is 0 Å². The molecule has 0 atom stereocenters. The molecule has 1 aliphatic heterocycles. The fourth-order valence-electron chi connectivity index (χ4n) is 3.65. The number of benzene rings is 1. The van der Waals surface area contributed by atoms with Gasteiger partial charge in [0.05, 0.1) is 21.2 Å². The van der Waals surface area contributed by atoms with E-state index in [0.29, 0.717) is 56.3 Å². The van der Waals surface area contributed by atoms with Crippen molar-refractivity contribution in [1.29, 1.82) is 0 Å². The summed E-state index contributed by atoms with van der Waals surface area (Å²) in [5.74, 6) is -0.407. The molecule has 0 radical (unpaired) electrons. The van der Waals surface area contributed by atoms with Gasteiger partial charge in [-0.05, 0) is 36.1 Å². The van der Waals surface area contributed by atoms with Crippen LogP contribution >= 0.6 is 23.2 Å². The van der Waals surface area contributed by atoms with E-state index in [1.807, 2.05) is 0 Å². The highest BCUT2D eigenvalue weighted by molar-refractivity contribution is 7.90. The van der Waals surface area contributed by atoms with Crippen LogP contribution in [0.2, 0.25) is 10.0 Å². The summed E-state index contributed by atoms with van der Waals surface area (Å²) in [5.41, 5.74) is 7.62. The predicted octanol–water partition coefficient (Wildman–Crippen LogP) is 2.64. The van der Waals surface area contributed by atoms with Gasteiger partial charge in [-0.3, -0.25) is 14.3 Å². The first-order chi connectivity index (χ1) is 14.7. The molecule has 0 unspecified atom stereocenters. The summed E-state index contributed by atoms with van der Waals surface area (Å²) in [6.07, 6.45) is 2.64. The number of hydrogen-bond acceptors (Lipinski definition) is 4. The number of aromatic amines is 2. The normalized spacial score (nSPS) is 15.5. The SMILES string of the molecule is NC(=O)CCCc1[nH]c2c3c(cc(Cl)c2c1Cl)CN(Cc1cc[nH]c(=O)c1)S(=O)(=O)N3. The number of hydrogen-bond donors (Lipinski definition) is 4. The van der Waals surface area contributed by atoms with Gasteiger partial charge in [-0.1, -0.05) is 23.2 Å². The fraction of sp³-hybridized carbons (Fsp3) is 0.263. The molecular weight excluding hydrogens is 465 g/mol. The van der Waals surface area contributed by atoms with Gasteiger partial charge < -0.3 is 15.7 Å². The van der Waals surface area contributed by atoms with Crippen molar-refractivity contribution in [2.45, 2.75) is 32.4 Å². The molecule has 0 spiro atoms. The van der Waals surface area contributed by atoms with Gasteiger partial charge >= 0.3 is 10.2 Å². The molecule has 5 N–H and O–H groups in total. The van der Waals surface area contributed by atoms with Crippen molar-refractivity contribution in [3.63, 3.8) is 0 Å². The minimum absolute atomic E-state index is 0.0260. The number of carbonyl (C=O) groups is 1. The predicted molar refractivity (Wildman–Crippen MR) is 119 cm³/mol. The van der Waals surface area contributed by atoms with Crippen molar-refractivity contribution in [2.75, 3.05) is 4.72 Å². The second-order valence-corrected chi connectivity index (χ2v) is 9.77. The van der Waals surface area contributed by atoms with Crippen LogP contribution in [0.1, 0.15) is 29.7 Å². The maximum Gasteiger partial charge on any atom is 0.302 e. The molecule has 9 nitrogen and oxygen atoms in total. The lowest BCUT2D eigenvalue weighted by Gasteiger charge is -2.29. The maximum atomic E-state index is 12.9. The molecule has 4 rings (SSSR count). The standard InChI is InChI=1S/C19H19Cl2N5O4S/c20-12-7-11-9-26(8-10-4-5-23-15(28)6-10)31(29,30)25-18(11)19-16(12)17(21)13(24-19)2-1-3-14(22)27/h4-7,24-25H,1-3,8-9H2,(H2,22,27)(H,23,28). The Labute approximate surface area is 187 Å². The van der Waals surface area contributed by atoms with Crippen LogP contribution in [0.25, 0.3) is 10.9 Å². The molecule has 0 fully saturated rings. The highest BCUT2D eigenvalue weighted by Crippen LogP contribution is 2.42. The van der Waals surface area contributed by atoms with Crippen LogP contribution in [0.5, 0.6) is 0 Å². The number of rotatable bonds is 6. The Morgan fingerprint density at radius 1 is 1.26 bits per heavy atom. The molecule has 12 heteroatoms. The number of fused-ring (bicyclic) bond motifs is 3. The minimum Gasteiger partial charge on any atom is -0.370 e. The van der Waals surface area contributed by atoms with Gasteiger partial charge in [0.2, 0.25) is 11.5 Å². The molecule has 0 bridgehead atoms. The van der Waals surface area contributed by atoms with Crippen LogP contribution in [0.15, 0.2) is 29.2 Å². The fourth-order valence-corrected chi connectivity index (χ4v) is 5.61. The van der Waals surface area contributed by atoms with Gasteiger partial charge in [-0.2, -0.15) is 12.7 Å². The summed E-state index contributed by atoms with van der Waals surface area (Å²) in [6.45, 7) is 0.0962. The van der Waals surface area contributed by atoms with E-state index in [1.54, 1.807) is 12.1 Å². The zero-order valence-corrected chi connectivity index (χ0v) is 18.5. The third-order valence-corrected chi connectivity index (χ3v) is 7.20. The Bertz CT molecular complexity index is 1350. The first-order valence-corrected chi connectivity index (χ1v) is 11.6. The Morgan fingerprint density at radius 3 is 2.74 bits per heavy atom. The van der Waals surface area contributed by atoms with Crippen LogP contribution < -0.4 is 16.0 Å². The Hall–Kier alpha value is -2.53.